The molecule has 142 valence electrons. The molecule has 0 aliphatic heterocycles. The van der Waals surface area contributed by atoms with Crippen LogP contribution in [0.15, 0.2) is 29.2 Å². The lowest BCUT2D eigenvalue weighted by atomic mass is 10.2. The number of nitrogens with one attached hydrogen (secondary N) is 1. The highest BCUT2D eigenvalue weighted by Crippen LogP contribution is 2.31. The number of carbonyl (C=O) groups excluding carboxylic acids is 1. The van der Waals surface area contributed by atoms with Crippen LogP contribution in [0.4, 0.5) is 0 Å². The van der Waals surface area contributed by atoms with Crippen LogP contribution in [0.1, 0.15) is 19.5 Å². The molecule has 2 aromatic rings. The van der Waals surface area contributed by atoms with Gasteiger partial charge in [-0.05, 0) is 19.9 Å². The Labute approximate surface area is 152 Å². The fourth-order valence-corrected chi connectivity index (χ4v) is 4.95. The van der Waals surface area contributed by atoms with Crippen molar-refractivity contribution in [1.82, 2.24) is 14.2 Å². The average Bonchev–Trinajstić information content (AvgIpc) is 2.82. The summed E-state index contributed by atoms with van der Waals surface area (Å²) in [7, 11) is -2.34. The van der Waals surface area contributed by atoms with Crippen molar-refractivity contribution in [1.29, 1.82) is 0 Å². The highest BCUT2D eigenvalue weighted by molar-refractivity contribution is 7.89. The molecule has 0 saturated carbocycles. The van der Waals surface area contributed by atoms with Gasteiger partial charge in [-0.15, -0.1) is 0 Å². The van der Waals surface area contributed by atoms with Gasteiger partial charge >= 0.3 is 5.97 Å². The maximum absolute atomic E-state index is 13.3. The van der Waals surface area contributed by atoms with Crippen molar-refractivity contribution in [2.24, 2.45) is 7.05 Å². The third-order valence-electron chi connectivity index (χ3n) is 4.40. The van der Waals surface area contributed by atoms with E-state index in [1.807, 2.05) is 12.1 Å². The van der Waals surface area contributed by atoms with Gasteiger partial charge in [-0.3, -0.25) is 9.59 Å². The number of amides is 1. The number of carboxylic acids is 1. The van der Waals surface area contributed by atoms with Crippen molar-refractivity contribution >= 4 is 32.8 Å². The molecule has 1 unspecified atom stereocenters. The quantitative estimate of drug-likeness (QED) is 0.746. The van der Waals surface area contributed by atoms with Gasteiger partial charge in [0.25, 0.3) is 0 Å². The lowest BCUT2D eigenvalue weighted by Gasteiger charge is -2.26. The lowest BCUT2D eigenvalue weighted by Crippen LogP contribution is -2.46. The van der Waals surface area contributed by atoms with E-state index in [4.69, 9.17) is 0 Å². The number of nitrogens with zero attached hydrogens (tertiary/aromatic N) is 2. The van der Waals surface area contributed by atoms with Gasteiger partial charge in [0.2, 0.25) is 15.9 Å². The number of aromatic nitrogens is 1. The zero-order valence-electron chi connectivity index (χ0n) is 15.2. The van der Waals surface area contributed by atoms with E-state index in [0.29, 0.717) is 11.1 Å². The molecule has 0 saturated heterocycles. The number of hydrogen-bond acceptors (Lipinski definition) is 4. The van der Waals surface area contributed by atoms with Crippen LogP contribution in [0.5, 0.6) is 0 Å². The highest BCUT2D eigenvalue weighted by atomic mass is 32.2. The summed E-state index contributed by atoms with van der Waals surface area (Å²) in [5, 5.41) is 12.4. The monoisotopic (exact) mass is 381 g/mol. The second-order valence-corrected chi connectivity index (χ2v) is 7.93. The number of benzene rings is 1. The largest absolute Gasteiger partial charge is 0.480 e. The number of hydrogen-bond donors (Lipinski definition) is 2. The molecule has 0 fully saturated rings. The summed E-state index contributed by atoms with van der Waals surface area (Å²) < 4.78 is 29.4. The van der Waals surface area contributed by atoms with E-state index in [9.17, 15) is 23.1 Å². The molecule has 1 aromatic carbocycles. The van der Waals surface area contributed by atoms with Gasteiger partial charge in [-0.1, -0.05) is 18.2 Å². The maximum Gasteiger partial charge on any atom is 0.321 e. The van der Waals surface area contributed by atoms with Crippen molar-refractivity contribution in [2.75, 3.05) is 13.1 Å². The van der Waals surface area contributed by atoms with E-state index in [1.54, 1.807) is 30.7 Å². The minimum Gasteiger partial charge on any atom is -0.480 e. The predicted octanol–water partition coefficient (Wildman–Crippen LogP) is 1.09. The normalized spacial score (nSPS) is 13.1. The van der Waals surface area contributed by atoms with E-state index in [0.717, 1.165) is 9.82 Å². The molecule has 0 aliphatic rings. The summed E-state index contributed by atoms with van der Waals surface area (Å²) in [6, 6.07) is 5.79. The Hall–Kier alpha value is -2.39. The van der Waals surface area contributed by atoms with Crippen LogP contribution >= 0.6 is 0 Å². The van der Waals surface area contributed by atoms with Crippen molar-refractivity contribution in [2.45, 2.75) is 31.7 Å². The van der Waals surface area contributed by atoms with Crippen LogP contribution in [-0.2, 0) is 26.7 Å². The number of aryl methyl sites for hydroxylation is 1. The Kier molecular flexibility index (Phi) is 5.72. The molecule has 1 aromatic heterocycles. The SMILES string of the molecule is CC(=O)NCCN(C(C)C(=O)O)S(=O)(=O)c1c(C)n(C)c2ccccc12. The summed E-state index contributed by atoms with van der Waals surface area (Å²) in [6.07, 6.45) is 0. The van der Waals surface area contributed by atoms with Gasteiger partial charge in [0.05, 0.1) is 0 Å². The summed E-state index contributed by atoms with van der Waals surface area (Å²) in [5.41, 5.74) is 1.27. The molecule has 26 heavy (non-hydrogen) atoms. The van der Waals surface area contributed by atoms with E-state index >= 15 is 0 Å². The number of rotatable bonds is 7. The molecule has 2 rings (SSSR count). The van der Waals surface area contributed by atoms with Gasteiger partial charge < -0.3 is 15.0 Å². The van der Waals surface area contributed by atoms with Crippen molar-refractivity contribution in [3.63, 3.8) is 0 Å². The first-order valence-corrected chi connectivity index (χ1v) is 9.56. The molecule has 0 bridgehead atoms. The van der Waals surface area contributed by atoms with Crippen LogP contribution in [0.2, 0.25) is 0 Å². The third kappa shape index (κ3) is 3.58. The van der Waals surface area contributed by atoms with E-state index in [1.165, 1.54) is 13.8 Å². The molecule has 0 spiro atoms. The van der Waals surface area contributed by atoms with Crippen LogP contribution in [-0.4, -0.2) is 53.4 Å². The first kappa shape index (κ1) is 19.9. The molecule has 0 radical (unpaired) electrons. The number of fused-ring (bicyclic) bond motifs is 1. The number of carbonyl (C=O) groups is 2. The molecule has 2 N–H and O–H groups in total. The fraction of sp³-hybridized carbons (Fsp3) is 0.412. The third-order valence-corrected chi connectivity index (χ3v) is 6.55. The maximum atomic E-state index is 13.3. The average molecular weight is 381 g/mol. The zero-order chi connectivity index (χ0) is 19.6. The van der Waals surface area contributed by atoms with Gasteiger partial charge in [0.15, 0.2) is 0 Å². The van der Waals surface area contributed by atoms with Crippen molar-refractivity contribution in [3.05, 3.63) is 30.0 Å². The minimum atomic E-state index is -4.10. The highest BCUT2D eigenvalue weighted by Gasteiger charge is 2.36. The number of sulfonamides is 1. The van der Waals surface area contributed by atoms with E-state index in [-0.39, 0.29) is 23.9 Å². The minimum absolute atomic E-state index is 0.0238. The molecular formula is C17H23N3O5S. The Balaban J connectivity index is 2.58. The van der Waals surface area contributed by atoms with Crippen LogP contribution in [0, 0.1) is 6.92 Å². The lowest BCUT2D eigenvalue weighted by molar-refractivity contribution is -0.140. The Morgan fingerprint density at radius 3 is 2.50 bits per heavy atom. The Morgan fingerprint density at radius 1 is 1.31 bits per heavy atom. The zero-order valence-corrected chi connectivity index (χ0v) is 16.0. The Morgan fingerprint density at radius 2 is 1.92 bits per heavy atom. The molecule has 9 heteroatoms. The van der Waals surface area contributed by atoms with Crippen LogP contribution in [0.25, 0.3) is 10.9 Å². The molecule has 8 nitrogen and oxygen atoms in total. The van der Waals surface area contributed by atoms with Gasteiger partial charge in [0, 0.05) is 43.7 Å². The second kappa shape index (κ2) is 7.46. The van der Waals surface area contributed by atoms with Crippen LogP contribution in [0.3, 0.4) is 0 Å². The Bertz CT molecular complexity index is 949. The predicted molar refractivity (Wildman–Crippen MR) is 97.3 cm³/mol. The number of aliphatic carboxylic acids is 1. The summed E-state index contributed by atoms with van der Waals surface area (Å²) in [6.45, 7) is 4.20. The summed E-state index contributed by atoms with van der Waals surface area (Å²) in [4.78, 5) is 22.6. The molecule has 0 aliphatic carbocycles. The molecule has 1 amide bonds. The van der Waals surface area contributed by atoms with Crippen molar-refractivity contribution in [3.8, 4) is 0 Å². The molecule has 1 atom stereocenters. The standard InChI is InChI=1S/C17H23N3O5S/c1-11-16(14-7-5-6-8-15(14)19(11)4)26(24,25)20(12(2)17(22)23)10-9-18-13(3)21/h5-8,12H,9-10H2,1-4H3,(H,18,21)(H,22,23). The van der Waals surface area contributed by atoms with E-state index in [2.05, 4.69) is 5.32 Å². The van der Waals surface area contributed by atoms with E-state index < -0.39 is 22.0 Å². The number of para-hydroxylation sites is 1. The van der Waals surface area contributed by atoms with Gasteiger partial charge in [-0.25, -0.2) is 8.42 Å². The molecular weight excluding hydrogens is 358 g/mol. The van der Waals surface area contributed by atoms with Crippen molar-refractivity contribution < 1.29 is 23.1 Å². The fourth-order valence-electron chi connectivity index (χ4n) is 2.92. The first-order valence-electron chi connectivity index (χ1n) is 8.12. The second-order valence-electron chi connectivity index (χ2n) is 6.10. The summed E-state index contributed by atoms with van der Waals surface area (Å²) >= 11 is 0. The van der Waals surface area contributed by atoms with Gasteiger partial charge in [0.1, 0.15) is 10.9 Å². The van der Waals surface area contributed by atoms with Crippen LogP contribution < -0.4 is 5.32 Å². The smallest absolute Gasteiger partial charge is 0.321 e. The summed E-state index contributed by atoms with van der Waals surface area (Å²) in [5.74, 6) is -1.57. The first-order chi connectivity index (χ1) is 12.1. The van der Waals surface area contributed by atoms with Gasteiger partial charge in [-0.2, -0.15) is 4.31 Å². The topological polar surface area (TPSA) is 109 Å². The molecule has 1 heterocycles. The number of carboxylic acid groups (broad SMARTS) is 1.